The average Bonchev–Trinajstić information content (AvgIpc) is 2.95. The van der Waals surface area contributed by atoms with Crippen molar-refractivity contribution < 1.29 is 14.6 Å². The molecule has 1 rings (SSSR count). The summed E-state index contributed by atoms with van der Waals surface area (Å²) in [5.41, 5.74) is 2.93. The molecule has 0 aliphatic carbocycles. The van der Waals surface area contributed by atoms with Crippen molar-refractivity contribution in [2.24, 2.45) is 0 Å². The Labute approximate surface area is 253 Å². The molecule has 0 aromatic heterocycles. The van der Waals surface area contributed by atoms with Gasteiger partial charge in [-0.1, -0.05) is 142 Å². The first-order valence-corrected chi connectivity index (χ1v) is 18.3. The maximum absolute atomic E-state index is 12.4. The Kier molecular flexibility index (Phi) is 24.6. The lowest BCUT2D eigenvalue weighted by Crippen LogP contribution is -2.11. The molecule has 4 heteroatoms. The number of carbonyl (C=O) groups excluding carboxylic acids is 1. The Balaban J connectivity index is 2.02. The van der Waals surface area contributed by atoms with Gasteiger partial charge in [0.2, 0.25) is 0 Å². The van der Waals surface area contributed by atoms with E-state index in [0.717, 1.165) is 66.7 Å². The molecule has 0 amide bonds. The number of carbonyl (C=O) groups is 1. The molecule has 232 valence electrons. The van der Waals surface area contributed by atoms with Crippen molar-refractivity contribution in [1.29, 1.82) is 0 Å². The number of hydrogen-bond donors (Lipinski definition) is 1. The van der Waals surface area contributed by atoms with Crippen LogP contribution in [0, 0.1) is 0 Å². The molecule has 0 aliphatic heterocycles. The highest BCUT2D eigenvalue weighted by Gasteiger charge is 2.13. The molecule has 0 bridgehead atoms. The maximum Gasteiger partial charge on any atom is 0.310 e. The number of phenols is 1. The fourth-order valence-electron chi connectivity index (χ4n) is 5.34. The van der Waals surface area contributed by atoms with Gasteiger partial charge < -0.3 is 9.84 Å². The molecule has 1 aromatic rings. The minimum absolute atomic E-state index is 0.156. The van der Waals surface area contributed by atoms with E-state index >= 15 is 0 Å². The van der Waals surface area contributed by atoms with Crippen LogP contribution in [0.15, 0.2) is 12.1 Å². The molecule has 0 saturated carbocycles. The summed E-state index contributed by atoms with van der Waals surface area (Å²) < 4.78 is 5.53. The summed E-state index contributed by atoms with van der Waals surface area (Å²) in [5.74, 6) is 2.32. The monoisotopic (exact) mass is 576 g/mol. The molecule has 1 N–H and O–H groups in total. The summed E-state index contributed by atoms with van der Waals surface area (Å²) in [7, 11) is 0. The lowest BCUT2D eigenvalue weighted by atomic mass is 9.96. The van der Waals surface area contributed by atoms with Crippen LogP contribution in [-0.4, -0.2) is 29.2 Å². The van der Waals surface area contributed by atoms with E-state index in [-0.39, 0.29) is 5.97 Å². The van der Waals surface area contributed by atoms with Gasteiger partial charge in [0.1, 0.15) is 12.4 Å². The molecule has 40 heavy (non-hydrogen) atoms. The molecular weight excluding hydrogens is 512 g/mol. The number of hydrogen-bond acceptors (Lipinski definition) is 4. The molecule has 0 fully saturated rings. The quantitative estimate of drug-likeness (QED) is 0.0796. The SMILES string of the molecule is CCCCCCCCCCCCCCCCCCSCCOC(=O)Cc1cc(CCCC)c(O)c(CCCC)c1. The van der Waals surface area contributed by atoms with Crippen LogP contribution in [0.1, 0.15) is 166 Å². The van der Waals surface area contributed by atoms with Gasteiger partial charge in [-0.05, 0) is 54.5 Å². The Morgan fingerprint density at radius 3 is 1.50 bits per heavy atom. The first-order valence-electron chi connectivity index (χ1n) is 17.2. The lowest BCUT2D eigenvalue weighted by Gasteiger charge is -2.13. The second-order valence-electron chi connectivity index (χ2n) is 11.8. The van der Waals surface area contributed by atoms with Gasteiger partial charge in [-0.3, -0.25) is 4.79 Å². The van der Waals surface area contributed by atoms with E-state index < -0.39 is 0 Å². The van der Waals surface area contributed by atoms with Crippen molar-refractivity contribution in [2.45, 2.75) is 168 Å². The zero-order chi connectivity index (χ0) is 29.1. The highest BCUT2D eigenvalue weighted by Crippen LogP contribution is 2.28. The van der Waals surface area contributed by atoms with Gasteiger partial charge in [0, 0.05) is 5.75 Å². The number of unbranched alkanes of at least 4 members (excludes halogenated alkanes) is 17. The van der Waals surface area contributed by atoms with E-state index in [0.29, 0.717) is 18.8 Å². The lowest BCUT2D eigenvalue weighted by molar-refractivity contribution is -0.142. The highest BCUT2D eigenvalue weighted by atomic mass is 32.2. The Morgan fingerprint density at radius 1 is 0.625 bits per heavy atom. The zero-order valence-electron chi connectivity index (χ0n) is 26.7. The van der Waals surface area contributed by atoms with Gasteiger partial charge in [0.05, 0.1) is 6.42 Å². The summed E-state index contributed by atoms with van der Waals surface area (Å²) >= 11 is 1.90. The van der Waals surface area contributed by atoms with Crippen LogP contribution in [0.5, 0.6) is 5.75 Å². The third-order valence-electron chi connectivity index (χ3n) is 7.91. The van der Waals surface area contributed by atoms with Gasteiger partial charge in [-0.2, -0.15) is 11.8 Å². The number of thioether (sulfide) groups is 1. The van der Waals surface area contributed by atoms with E-state index in [2.05, 4.69) is 20.8 Å². The van der Waals surface area contributed by atoms with Gasteiger partial charge in [0.15, 0.2) is 0 Å². The van der Waals surface area contributed by atoms with Crippen LogP contribution in [0.4, 0.5) is 0 Å². The Bertz CT molecular complexity index is 704. The fourth-order valence-corrected chi connectivity index (χ4v) is 6.15. The van der Waals surface area contributed by atoms with Crippen LogP contribution in [-0.2, 0) is 28.8 Å². The van der Waals surface area contributed by atoms with E-state index in [4.69, 9.17) is 4.74 Å². The summed E-state index contributed by atoms with van der Waals surface area (Å²) in [6.07, 6.45) is 28.8. The van der Waals surface area contributed by atoms with E-state index in [1.165, 1.54) is 103 Å². The van der Waals surface area contributed by atoms with Crippen LogP contribution < -0.4 is 0 Å². The predicted octanol–water partition coefficient (Wildman–Crippen LogP) is 11.2. The van der Waals surface area contributed by atoms with Crippen LogP contribution in [0.2, 0.25) is 0 Å². The largest absolute Gasteiger partial charge is 0.507 e. The van der Waals surface area contributed by atoms with Gasteiger partial charge in [0.25, 0.3) is 0 Å². The number of aryl methyl sites for hydroxylation is 2. The van der Waals surface area contributed by atoms with Gasteiger partial charge in [-0.25, -0.2) is 0 Å². The third kappa shape index (κ3) is 19.8. The number of esters is 1. The minimum atomic E-state index is -0.156. The van der Waals surface area contributed by atoms with E-state index in [1.54, 1.807) is 0 Å². The van der Waals surface area contributed by atoms with Crippen molar-refractivity contribution in [2.75, 3.05) is 18.1 Å². The molecule has 3 nitrogen and oxygen atoms in total. The predicted molar refractivity (Wildman–Crippen MR) is 177 cm³/mol. The maximum atomic E-state index is 12.4. The van der Waals surface area contributed by atoms with Crippen molar-refractivity contribution in [3.8, 4) is 5.75 Å². The second kappa shape index (κ2) is 26.7. The van der Waals surface area contributed by atoms with Crippen LogP contribution in [0.25, 0.3) is 0 Å². The molecule has 0 atom stereocenters. The van der Waals surface area contributed by atoms with Crippen molar-refractivity contribution in [1.82, 2.24) is 0 Å². The second-order valence-corrected chi connectivity index (χ2v) is 13.0. The summed E-state index contributed by atoms with van der Waals surface area (Å²) in [6, 6.07) is 4.02. The first-order chi connectivity index (χ1) is 19.6. The molecule has 0 aliphatic rings. The van der Waals surface area contributed by atoms with Crippen molar-refractivity contribution >= 4 is 17.7 Å². The number of aromatic hydroxyl groups is 1. The highest BCUT2D eigenvalue weighted by molar-refractivity contribution is 7.99. The molecule has 0 saturated heterocycles. The van der Waals surface area contributed by atoms with Crippen LogP contribution >= 0.6 is 11.8 Å². The number of rotatable bonds is 28. The van der Waals surface area contributed by atoms with E-state index in [1.807, 2.05) is 23.9 Å². The molecule has 0 spiro atoms. The first kappa shape index (κ1) is 36.9. The number of benzene rings is 1. The van der Waals surface area contributed by atoms with Gasteiger partial charge in [-0.15, -0.1) is 0 Å². The molecule has 0 heterocycles. The fraction of sp³-hybridized carbons (Fsp3) is 0.806. The molecule has 0 radical (unpaired) electrons. The topological polar surface area (TPSA) is 46.5 Å². The molecule has 1 aromatic carbocycles. The summed E-state index contributed by atoms with van der Waals surface area (Å²) in [4.78, 5) is 12.4. The average molecular weight is 577 g/mol. The Morgan fingerprint density at radius 2 is 1.05 bits per heavy atom. The molecular formula is C36H64O3S. The van der Waals surface area contributed by atoms with Crippen molar-refractivity contribution in [3.05, 3.63) is 28.8 Å². The molecule has 0 unspecified atom stereocenters. The van der Waals surface area contributed by atoms with Gasteiger partial charge >= 0.3 is 5.97 Å². The van der Waals surface area contributed by atoms with Crippen molar-refractivity contribution in [3.63, 3.8) is 0 Å². The zero-order valence-corrected chi connectivity index (χ0v) is 27.5. The number of phenolic OH excluding ortho intramolecular Hbond substituents is 1. The Hall–Kier alpha value is -1.16. The smallest absolute Gasteiger partial charge is 0.310 e. The summed E-state index contributed by atoms with van der Waals surface area (Å²) in [6.45, 7) is 7.10. The third-order valence-corrected chi connectivity index (χ3v) is 8.94. The number of ether oxygens (including phenoxy) is 1. The standard InChI is InChI=1S/C36H64O3S/c1-4-7-10-11-12-13-14-15-16-17-18-19-20-21-22-23-27-40-28-26-39-35(37)31-32-29-33(24-8-5-2)36(38)34(30-32)25-9-6-3/h29-30,38H,4-28,31H2,1-3H3. The van der Waals surface area contributed by atoms with Crippen LogP contribution in [0.3, 0.4) is 0 Å². The normalized spacial score (nSPS) is 11.3. The minimum Gasteiger partial charge on any atom is -0.507 e. The summed E-state index contributed by atoms with van der Waals surface area (Å²) in [5, 5.41) is 10.7. The van der Waals surface area contributed by atoms with E-state index in [9.17, 15) is 9.90 Å².